The summed E-state index contributed by atoms with van der Waals surface area (Å²) in [6.45, 7) is 0. The van der Waals surface area contributed by atoms with E-state index in [0.29, 0.717) is 11.4 Å². The topological polar surface area (TPSA) is 55.5 Å². The van der Waals surface area contributed by atoms with Gasteiger partial charge in [-0.25, -0.2) is 0 Å². The van der Waals surface area contributed by atoms with Gasteiger partial charge >= 0.3 is 0 Å². The predicted molar refractivity (Wildman–Crippen MR) is 55.4 cm³/mol. The molecular formula is C11H15NO2. The van der Waals surface area contributed by atoms with Crippen molar-refractivity contribution in [2.45, 2.75) is 31.8 Å². The summed E-state index contributed by atoms with van der Waals surface area (Å²) in [6, 6.07) is 4.98. The molecule has 0 aromatic heterocycles. The fourth-order valence-corrected chi connectivity index (χ4v) is 1.82. The fraction of sp³-hybridized carbons (Fsp3) is 0.455. The first-order valence-electron chi connectivity index (χ1n) is 5.01. The summed E-state index contributed by atoms with van der Waals surface area (Å²) in [5.41, 5.74) is 6.08. The summed E-state index contributed by atoms with van der Waals surface area (Å²) < 4.78 is 5.66. The van der Waals surface area contributed by atoms with Gasteiger partial charge in [-0.2, -0.15) is 0 Å². The van der Waals surface area contributed by atoms with Gasteiger partial charge in [-0.3, -0.25) is 0 Å². The minimum absolute atomic E-state index is 0.136. The van der Waals surface area contributed by atoms with Gasteiger partial charge in [0.15, 0.2) is 11.5 Å². The highest BCUT2D eigenvalue weighted by Crippen LogP contribution is 2.31. The Kier molecular flexibility index (Phi) is 2.48. The average Bonchev–Trinajstić information content (AvgIpc) is 2.62. The Morgan fingerprint density at radius 2 is 2.00 bits per heavy atom. The Bertz CT molecular complexity index is 319. The molecule has 0 saturated heterocycles. The van der Waals surface area contributed by atoms with Gasteiger partial charge in [0.25, 0.3) is 0 Å². The Morgan fingerprint density at radius 1 is 1.29 bits per heavy atom. The van der Waals surface area contributed by atoms with Crippen molar-refractivity contribution in [3.8, 4) is 11.5 Å². The standard InChI is InChI=1S/C11H15NO2/c12-8-5-6-11(10(13)7-8)14-9-3-1-2-4-9/h5-7,9,13H,1-4,12H2. The summed E-state index contributed by atoms with van der Waals surface area (Å²) in [7, 11) is 0. The summed E-state index contributed by atoms with van der Waals surface area (Å²) in [5.74, 6) is 0.683. The molecule has 2 rings (SSSR count). The van der Waals surface area contributed by atoms with Gasteiger partial charge in [-0.15, -0.1) is 0 Å². The summed E-state index contributed by atoms with van der Waals surface area (Å²) in [4.78, 5) is 0. The number of hydrogen-bond acceptors (Lipinski definition) is 3. The molecule has 76 valence electrons. The zero-order valence-corrected chi connectivity index (χ0v) is 8.07. The number of hydrogen-bond donors (Lipinski definition) is 2. The molecule has 14 heavy (non-hydrogen) atoms. The van der Waals surface area contributed by atoms with Crippen LogP contribution in [0.5, 0.6) is 11.5 Å². The van der Waals surface area contributed by atoms with Crippen LogP contribution in [0.2, 0.25) is 0 Å². The van der Waals surface area contributed by atoms with Crippen LogP contribution in [-0.4, -0.2) is 11.2 Å². The summed E-state index contributed by atoms with van der Waals surface area (Å²) >= 11 is 0. The second-order valence-electron chi connectivity index (χ2n) is 3.75. The molecule has 0 bridgehead atoms. The first-order chi connectivity index (χ1) is 6.75. The van der Waals surface area contributed by atoms with E-state index in [1.807, 2.05) is 0 Å². The second-order valence-corrected chi connectivity index (χ2v) is 3.75. The van der Waals surface area contributed by atoms with Crippen molar-refractivity contribution in [1.82, 2.24) is 0 Å². The van der Waals surface area contributed by atoms with Crippen molar-refractivity contribution in [3.05, 3.63) is 18.2 Å². The quantitative estimate of drug-likeness (QED) is 0.708. The normalized spacial score (nSPS) is 17.1. The fourth-order valence-electron chi connectivity index (χ4n) is 1.82. The first kappa shape index (κ1) is 9.19. The molecule has 3 nitrogen and oxygen atoms in total. The Labute approximate surface area is 83.5 Å². The van der Waals surface area contributed by atoms with Crippen LogP contribution in [0, 0.1) is 0 Å². The maximum atomic E-state index is 9.55. The summed E-state index contributed by atoms with van der Waals surface area (Å²) in [5, 5.41) is 9.55. The highest BCUT2D eigenvalue weighted by Gasteiger charge is 2.17. The van der Waals surface area contributed by atoms with Crippen molar-refractivity contribution >= 4 is 5.69 Å². The van der Waals surface area contributed by atoms with Crippen LogP contribution in [0.1, 0.15) is 25.7 Å². The van der Waals surface area contributed by atoms with Gasteiger partial charge in [-0.05, 0) is 37.8 Å². The van der Waals surface area contributed by atoms with Gasteiger partial charge in [-0.1, -0.05) is 0 Å². The van der Waals surface area contributed by atoms with Gasteiger partial charge in [0.1, 0.15) is 0 Å². The van der Waals surface area contributed by atoms with Crippen LogP contribution in [0.15, 0.2) is 18.2 Å². The molecule has 0 heterocycles. The third-order valence-corrected chi connectivity index (χ3v) is 2.58. The molecule has 0 atom stereocenters. The number of aromatic hydroxyl groups is 1. The Morgan fingerprint density at radius 3 is 2.64 bits per heavy atom. The van der Waals surface area contributed by atoms with Crippen molar-refractivity contribution in [3.63, 3.8) is 0 Å². The van der Waals surface area contributed by atoms with Gasteiger partial charge < -0.3 is 15.6 Å². The zero-order valence-electron chi connectivity index (χ0n) is 8.07. The highest BCUT2D eigenvalue weighted by atomic mass is 16.5. The van der Waals surface area contributed by atoms with Crippen LogP contribution in [0.25, 0.3) is 0 Å². The number of rotatable bonds is 2. The van der Waals surface area contributed by atoms with Crippen LogP contribution in [-0.2, 0) is 0 Å². The number of phenolic OH excluding ortho intramolecular Hbond substituents is 1. The molecule has 1 fully saturated rings. The van der Waals surface area contributed by atoms with E-state index in [-0.39, 0.29) is 11.9 Å². The minimum atomic E-state index is 0.136. The molecule has 1 aromatic carbocycles. The van der Waals surface area contributed by atoms with E-state index in [9.17, 15) is 5.11 Å². The third-order valence-electron chi connectivity index (χ3n) is 2.58. The molecule has 0 amide bonds. The van der Waals surface area contributed by atoms with Crippen LogP contribution in [0.4, 0.5) is 5.69 Å². The number of nitrogen functional groups attached to an aromatic ring is 1. The van der Waals surface area contributed by atoms with E-state index in [0.717, 1.165) is 12.8 Å². The smallest absolute Gasteiger partial charge is 0.161 e. The number of phenols is 1. The molecule has 1 aromatic rings. The highest BCUT2D eigenvalue weighted by molar-refractivity contribution is 5.51. The molecule has 1 saturated carbocycles. The average molecular weight is 193 g/mol. The van der Waals surface area contributed by atoms with Crippen molar-refractivity contribution in [1.29, 1.82) is 0 Å². The van der Waals surface area contributed by atoms with Crippen molar-refractivity contribution < 1.29 is 9.84 Å². The van der Waals surface area contributed by atoms with Crippen molar-refractivity contribution in [2.75, 3.05) is 5.73 Å². The van der Waals surface area contributed by atoms with E-state index >= 15 is 0 Å². The monoisotopic (exact) mass is 193 g/mol. The lowest BCUT2D eigenvalue weighted by molar-refractivity contribution is 0.202. The number of ether oxygens (including phenoxy) is 1. The molecule has 1 aliphatic carbocycles. The lowest BCUT2D eigenvalue weighted by atomic mass is 10.2. The maximum Gasteiger partial charge on any atom is 0.161 e. The van der Waals surface area contributed by atoms with E-state index in [4.69, 9.17) is 10.5 Å². The maximum absolute atomic E-state index is 9.55. The molecule has 0 radical (unpaired) electrons. The van der Waals surface area contributed by atoms with Crippen LogP contribution >= 0.6 is 0 Å². The Hall–Kier alpha value is -1.38. The molecule has 0 aliphatic heterocycles. The SMILES string of the molecule is Nc1ccc(OC2CCCC2)c(O)c1. The van der Waals surface area contributed by atoms with Gasteiger partial charge in [0, 0.05) is 11.8 Å². The second kappa shape index (κ2) is 3.78. The van der Waals surface area contributed by atoms with Gasteiger partial charge in [0.2, 0.25) is 0 Å². The summed E-state index contributed by atoms with van der Waals surface area (Å²) in [6.07, 6.45) is 4.89. The Balaban J connectivity index is 2.08. The first-order valence-corrected chi connectivity index (χ1v) is 5.01. The molecule has 3 N–H and O–H groups in total. The third kappa shape index (κ3) is 1.92. The van der Waals surface area contributed by atoms with Gasteiger partial charge in [0.05, 0.1) is 6.10 Å². The molecule has 3 heteroatoms. The van der Waals surface area contributed by atoms with E-state index < -0.39 is 0 Å². The molecule has 0 spiro atoms. The zero-order chi connectivity index (χ0) is 9.97. The van der Waals surface area contributed by atoms with Crippen LogP contribution in [0.3, 0.4) is 0 Å². The minimum Gasteiger partial charge on any atom is -0.504 e. The molecular weight excluding hydrogens is 178 g/mol. The molecule has 1 aliphatic rings. The number of anilines is 1. The number of nitrogens with two attached hydrogens (primary N) is 1. The lowest BCUT2D eigenvalue weighted by Crippen LogP contribution is -2.10. The molecule has 0 unspecified atom stereocenters. The number of benzene rings is 1. The van der Waals surface area contributed by atoms with E-state index in [1.165, 1.54) is 18.9 Å². The van der Waals surface area contributed by atoms with E-state index in [1.54, 1.807) is 12.1 Å². The largest absolute Gasteiger partial charge is 0.504 e. The van der Waals surface area contributed by atoms with Crippen molar-refractivity contribution in [2.24, 2.45) is 0 Å². The predicted octanol–water partition coefficient (Wildman–Crippen LogP) is 2.30. The van der Waals surface area contributed by atoms with Crippen LogP contribution < -0.4 is 10.5 Å². The lowest BCUT2D eigenvalue weighted by Gasteiger charge is -2.14. The van der Waals surface area contributed by atoms with E-state index in [2.05, 4.69) is 0 Å².